The number of piperazine rings is 1. The van der Waals surface area contributed by atoms with Crippen molar-refractivity contribution in [2.75, 3.05) is 19.7 Å². The van der Waals surface area contributed by atoms with Crippen LogP contribution in [0.25, 0.3) is 0 Å². The molecule has 0 spiro atoms. The second kappa shape index (κ2) is 9.91. The highest BCUT2D eigenvalue weighted by molar-refractivity contribution is 5.92. The number of hydrogen-bond acceptors (Lipinski definition) is 5. The van der Waals surface area contributed by atoms with Gasteiger partial charge in [-0.25, -0.2) is 0 Å². The predicted molar refractivity (Wildman–Crippen MR) is 111 cm³/mol. The quantitative estimate of drug-likeness (QED) is 0.707. The van der Waals surface area contributed by atoms with E-state index in [1.807, 2.05) is 62.4 Å². The van der Waals surface area contributed by atoms with E-state index < -0.39 is 12.0 Å². The highest BCUT2D eigenvalue weighted by atomic mass is 16.5. The van der Waals surface area contributed by atoms with Gasteiger partial charge in [-0.3, -0.25) is 14.4 Å². The van der Waals surface area contributed by atoms with Crippen LogP contribution in [-0.4, -0.2) is 48.4 Å². The lowest BCUT2D eigenvalue weighted by molar-refractivity contribution is -0.153. The van der Waals surface area contributed by atoms with Crippen molar-refractivity contribution >= 4 is 17.8 Å². The molecule has 0 saturated carbocycles. The number of ether oxygens (including phenoxy) is 2. The zero-order valence-electron chi connectivity index (χ0n) is 17.2. The molecule has 1 N–H and O–H groups in total. The van der Waals surface area contributed by atoms with Crippen LogP contribution in [0.2, 0.25) is 0 Å². The molecule has 0 unspecified atom stereocenters. The average molecular weight is 410 g/mol. The molecule has 7 nitrogen and oxygen atoms in total. The molecule has 1 saturated heterocycles. The van der Waals surface area contributed by atoms with Crippen LogP contribution in [0.1, 0.15) is 23.1 Å². The molecule has 0 aliphatic carbocycles. The molecule has 1 aliphatic rings. The van der Waals surface area contributed by atoms with Crippen molar-refractivity contribution in [2.45, 2.75) is 32.9 Å². The van der Waals surface area contributed by atoms with Gasteiger partial charge in [-0.1, -0.05) is 36.4 Å². The first kappa shape index (κ1) is 21.4. The second-order valence-corrected chi connectivity index (χ2v) is 7.36. The normalized spacial score (nSPS) is 16.0. The van der Waals surface area contributed by atoms with Gasteiger partial charge in [0.25, 0.3) is 5.91 Å². The maximum absolute atomic E-state index is 12.7. The minimum atomic E-state index is -0.905. The summed E-state index contributed by atoms with van der Waals surface area (Å²) in [5.74, 6) is -0.641. The van der Waals surface area contributed by atoms with Crippen molar-refractivity contribution in [1.82, 2.24) is 10.2 Å². The third-order valence-electron chi connectivity index (χ3n) is 4.81. The zero-order chi connectivity index (χ0) is 21.5. The van der Waals surface area contributed by atoms with Gasteiger partial charge < -0.3 is 19.7 Å². The summed E-state index contributed by atoms with van der Waals surface area (Å²) in [6.07, 6.45) is -0.200. The number of nitrogens with one attached hydrogen (secondary N) is 1. The topological polar surface area (TPSA) is 84.9 Å². The van der Waals surface area contributed by atoms with Crippen molar-refractivity contribution in [2.24, 2.45) is 0 Å². The minimum Gasteiger partial charge on any atom is -0.484 e. The van der Waals surface area contributed by atoms with Gasteiger partial charge in [0.2, 0.25) is 5.91 Å². The number of esters is 1. The van der Waals surface area contributed by atoms with Crippen LogP contribution in [-0.2, 0) is 25.7 Å². The Kier molecular flexibility index (Phi) is 7.06. The van der Waals surface area contributed by atoms with Crippen LogP contribution in [0.5, 0.6) is 5.75 Å². The molecule has 0 aromatic heterocycles. The summed E-state index contributed by atoms with van der Waals surface area (Å²) in [5.41, 5.74) is 2.93. The van der Waals surface area contributed by atoms with Gasteiger partial charge in [0.15, 0.2) is 6.61 Å². The highest BCUT2D eigenvalue weighted by Crippen LogP contribution is 2.17. The summed E-state index contributed by atoms with van der Waals surface area (Å²) in [4.78, 5) is 38.7. The first-order chi connectivity index (χ1) is 14.4. The van der Waals surface area contributed by atoms with Gasteiger partial charge in [-0.05, 0) is 42.7 Å². The maximum Gasteiger partial charge on any atom is 0.308 e. The molecular weight excluding hydrogens is 384 g/mol. The van der Waals surface area contributed by atoms with Gasteiger partial charge in [-0.15, -0.1) is 0 Å². The van der Waals surface area contributed by atoms with Crippen molar-refractivity contribution < 1.29 is 23.9 Å². The van der Waals surface area contributed by atoms with Gasteiger partial charge in [0.05, 0.1) is 6.42 Å². The summed E-state index contributed by atoms with van der Waals surface area (Å²) >= 11 is 0. The van der Waals surface area contributed by atoms with E-state index in [0.717, 1.165) is 16.7 Å². The Bertz CT molecular complexity index is 893. The number of nitrogens with zero attached hydrogens (tertiary/aromatic N) is 1. The van der Waals surface area contributed by atoms with Crippen LogP contribution in [0.3, 0.4) is 0 Å². The lowest BCUT2D eigenvalue weighted by Gasteiger charge is -2.34. The smallest absolute Gasteiger partial charge is 0.308 e. The molecule has 158 valence electrons. The van der Waals surface area contributed by atoms with E-state index in [1.165, 1.54) is 4.90 Å². The molecule has 2 amide bonds. The van der Waals surface area contributed by atoms with Crippen LogP contribution in [0, 0.1) is 13.8 Å². The van der Waals surface area contributed by atoms with Crippen molar-refractivity contribution in [3.63, 3.8) is 0 Å². The zero-order valence-corrected chi connectivity index (χ0v) is 17.2. The number of carbonyl (C=O) groups is 3. The molecule has 3 rings (SSSR count). The molecule has 2 aromatic rings. The highest BCUT2D eigenvalue weighted by Gasteiger charge is 2.35. The first-order valence-electron chi connectivity index (χ1n) is 9.90. The van der Waals surface area contributed by atoms with Gasteiger partial charge in [-0.2, -0.15) is 0 Å². The molecule has 1 heterocycles. The van der Waals surface area contributed by atoms with Crippen LogP contribution in [0.15, 0.2) is 48.5 Å². The van der Waals surface area contributed by atoms with Gasteiger partial charge >= 0.3 is 5.97 Å². The third kappa shape index (κ3) is 5.83. The number of hydrogen-bond donors (Lipinski definition) is 1. The number of amides is 2. The Labute approximate surface area is 176 Å². The maximum atomic E-state index is 12.7. The molecule has 1 atom stereocenters. The molecule has 7 heteroatoms. The second-order valence-electron chi connectivity index (χ2n) is 7.36. The number of rotatable bonds is 7. The van der Waals surface area contributed by atoms with Crippen molar-refractivity contribution in [3.05, 3.63) is 65.2 Å². The molecule has 2 aromatic carbocycles. The first-order valence-corrected chi connectivity index (χ1v) is 9.90. The lowest BCUT2D eigenvalue weighted by atomic mass is 10.1. The average Bonchev–Trinajstić information content (AvgIpc) is 2.72. The Hall–Kier alpha value is -3.35. The molecule has 1 fully saturated rings. The largest absolute Gasteiger partial charge is 0.484 e. The molecule has 0 bridgehead atoms. The van der Waals surface area contributed by atoms with E-state index >= 15 is 0 Å². The Morgan fingerprint density at radius 2 is 1.80 bits per heavy atom. The minimum absolute atomic E-state index is 0.123. The van der Waals surface area contributed by atoms with E-state index in [9.17, 15) is 14.4 Å². The summed E-state index contributed by atoms with van der Waals surface area (Å²) in [6.45, 7) is 4.48. The van der Waals surface area contributed by atoms with Crippen LogP contribution >= 0.6 is 0 Å². The van der Waals surface area contributed by atoms with Gasteiger partial charge in [0.1, 0.15) is 18.4 Å². The van der Waals surface area contributed by atoms with Crippen LogP contribution in [0.4, 0.5) is 0 Å². The van der Waals surface area contributed by atoms with E-state index in [0.29, 0.717) is 18.8 Å². The Morgan fingerprint density at radius 3 is 2.50 bits per heavy atom. The van der Waals surface area contributed by atoms with E-state index in [-0.39, 0.29) is 31.4 Å². The standard InChI is InChI=1S/C23H26N2O5/c1-16-10-17(2)12-19(11-16)29-15-21(26)25-9-8-24-23(28)20(25)13-22(27)30-14-18-6-4-3-5-7-18/h3-7,10-12,20H,8-9,13-15H2,1-2H3,(H,24,28)/t20-/m1/s1. The molecule has 1 aliphatic heterocycles. The van der Waals surface area contributed by atoms with E-state index in [2.05, 4.69) is 5.32 Å². The number of benzene rings is 2. The molecular formula is C23H26N2O5. The van der Waals surface area contributed by atoms with Gasteiger partial charge in [0, 0.05) is 13.1 Å². The lowest BCUT2D eigenvalue weighted by Crippen LogP contribution is -2.58. The fourth-order valence-corrected chi connectivity index (χ4v) is 3.42. The summed E-state index contributed by atoms with van der Waals surface area (Å²) in [7, 11) is 0. The summed E-state index contributed by atoms with van der Waals surface area (Å²) in [6, 6.07) is 14.1. The van der Waals surface area contributed by atoms with Crippen molar-refractivity contribution in [1.29, 1.82) is 0 Å². The predicted octanol–water partition coefficient (Wildman–Crippen LogP) is 2.14. The number of aryl methyl sites for hydroxylation is 2. The fraction of sp³-hybridized carbons (Fsp3) is 0.348. The monoisotopic (exact) mass is 410 g/mol. The van der Waals surface area contributed by atoms with Crippen molar-refractivity contribution in [3.8, 4) is 5.75 Å². The Balaban J connectivity index is 1.58. The molecule has 0 radical (unpaired) electrons. The van der Waals surface area contributed by atoms with Crippen LogP contribution < -0.4 is 10.1 Å². The Morgan fingerprint density at radius 1 is 1.10 bits per heavy atom. The number of carbonyl (C=O) groups excluding carboxylic acids is 3. The van der Waals surface area contributed by atoms with E-state index in [1.54, 1.807) is 0 Å². The summed E-state index contributed by atoms with van der Waals surface area (Å²) in [5, 5.41) is 2.70. The fourth-order valence-electron chi connectivity index (χ4n) is 3.42. The molecule has 30 heavy (non-hydrogen) atoms. The third-order valence-corrected chi connectivity index (χ3v) is 4.81. The van der Waals surface area contributed by atoms with E-state index in [4.69, 9.17) is 9.47 Å². The SMILES string of the molecule is Cc1cc(C)cc(OCC(=O)N2CCNC(=O)[C@H]2CC(=O)OCc2ccccc2)c1. The summed E-state index contributed by atoms with van der Waals surface area (Å²) < 4.78 is 10.9.